The van der Waals surface area contributed by atoms with Crippen LogP contribution >= 0.6 is 0 Å². The lowest BCUT2D eigenvalue weighted by molar-refractivity contribution is 0.169. The van der Waals surface area contributed by atoms with Gasteiger partial charge in [0.2, 0.25) is 0 Å². The van der Waals surface area contributed by atoms with E-state index >= 15 is 0 Å². The van der Waals surface area contributed by atoms with E-state index in [0.29, 0.717) is 6.04 Å². The van der Waals surface area contributed by atoms with Crippen molar-refractivity contribution in [2.75, 3.05) is 33.4 Å². The minimum Gasteiger partial charge on any atom is -0.385 e. The zero-order valence-electron chi connectivity index (χ0n) is 10.5. The van der Waals surface area contributed by atoms with E-state index < -0.39 is 0 Å². The van der Waals surface area contributed by atoms with Crippen molar-refractivity contribution in [2.45, 2.75) is 45.2 Å². The van der Waals surface area contributed by atoms with Gasteiger partial charge in [-0.15, -0.1) is 0 Å². The number of nitrogens with one attached hydrogen (secondary N) is 1. The van der Waals surface area contributed by atoms with Gasteiger partial charge in [0, 0.05) is 25.8 Å². The number of nitrogens with zero attached hydrogens (tertiary/aromatic N) is 1. The highest BCUT2D eigenvalue weighted by Crippen LogP contribution is 2.10. The molecule has 1 aliphatic rings. The van der Waals surface area contributed by atoms with Crippen molar-refractivity contribution in [3.63, 3.8) is 0 Å². The highest BCUT2D eigenvalue weighted by Gasteiger charge is 2.18. The van der Waals surface area contributed by atoms with Crippen LogP contribution < -0.4 is 5.32 Å². The second-order valence-corrected chi connectivity index (χ2v) is 4.56. The molecule has 3 heteroatoms. The van der Waals surface area contributed by atoms with Gasteiger partial charge in [-0.25, -0.2) is 0 Å². The monoisotopic (exact) mass is 214 g/mol. The number of hydrogen-bond acceptors (Lipinski definition) is 3. The fourth-order valence-corrected chi connectivity index (χ4v) is 2.20. The third kappa shape index (κ3) is 4.96. The fourth-order valence-electron chi connectivity index (χ4n) is 2.20. The SMILES string of the molecule is CCN1CCC(NC(C)CCOC)CC1. The summed E-state index contributed by atoms with van der Waals surface area (Å²) in [4.78, 5) is 2.53. The Bertz CT molecular complexity index is 156. The minimum atomic E-state index is 0.586. The van der Waals surface area contributed by atoms with Crippen molar-refractivity contribution in [1.29, 1.82) is 0 Å². The molecule has 1 atom stereocenters. The van der Waals surface area contributed by atoms with Crippen LogP contribution in [0.4, 0.5) is 0 Å². The van der Waals surface area contributed by atoms with E-state index in [1.165, 1.54) is 32.5 Å². The molecule has 1 heterocycles. The molecule has 1 unspecified atom stereocenters. The van der Waals surface area contributed by atoms with E-state index in [1.54, 1.807) is 7.11 Å². The maximum Gasteiger partial charge on any atom is 0.0476 e. The minimum absolute atomic E-state index is 0.586. The Morgan fingerprint density at radius 3 is 2.60 bits per heavy atom. The van der Waals surface area contributed by atoms with Gasteiger partial charge < -0.3 is 15.0 Å². The molecule has 0 aromatic carbocycles. The molecular weight excluding hydrogens is 188 g/mol. The van der Waals surface area contributed by atoms with Gasteiger partial charge in [-0.05, 0) is 45.8 Å². The topological polar surface area (TPSA) is 24.5 Å². The second-order valence-electron chi connectivity index (χ2n) is 4.56. The predicted molar refractivity (Wildman–Crippen MR) is 64.2 cm³/mol. The van der Waals surface area contributed by atoms with E-state index in [9.17, 15) is 0 Å². The summed E-state index contributed by atoms with van der Waals surface area (Å²) >= 11 is 0. The summed E-state index contributed by atoms with van der Waals surface area (Å²) in [5.74, 6) is 0. The van der Waals surface area contributed by atoms with E-state index in [2.05, 4.69) is 24.1 Å². The summed E-state index contributed by atoms with van der Waals surface area (Å²) in [7, 11) is 1.77. The van der Waals surface area contributed by atoms with Gasteiger partial charge in [0.25, 0.3) is 0 Å². The van der Waals surface area contributed by atoms with Crippen LogP contribution in [0.5, 0.6) is 0 Å². The van der Waals surface area contributed by atoms with Crippen molar-refractivity contribution in [2.24, 2.45) is 0 Å². The Labute approximate surface area is 94.2 Å². The summed E-state index contributed by atoms with van der Waals surface area (Å²) in [6.45, 7) is 9.07. The third-order valence-electron chi connectivity index (χ3n) is 3.31. The van der Waals surface area contributed by atoms with Crippen molar-refractivity contribution in [3.05, 3.63) is 0 Å². The molecule has 0 bridgehead atoms. The molecular formula is C12H26N2O. The van der Waals surface area contributed by atoms with Gasteiger partial charge >= 0.3 is 0 Å². The van der Waals surface area contributed by atoms with Gasteiger partial charge in [0.1, 0.15) is 0 Å². The lowest BCUT2D eigenvalue weighted by Crippen LogP contribution is -2.45. The van der Waals surface area contributed by atoms with Crippen LogP contribution in [0.1, 0.15) is 33.1 Å². The number of rotatable bonds is 6. The maximum absolute atomic E-state index is 5.09. The largest absolute Gasteiger partial charge is 0.385 e. The van der Waals surface area contributed by atoms with Crippen LogP contribution in [0, 0.1) is 0 Å². The van der Waals surface area contributed by atoms with Gasteiger partial charge in [0.05, 0.1) is 0 Å². The molecule has 1 fully saturated rings. The molecule has 1 aliphatic heterocycles. The molecule has 0 saturated carbocycles. The first-order valence-electron chi connectivity index (χ1n) is 6.23. The smallest absolute Gasteiger partial charge is 0.0476 e. The molecule has 0 radical (unpaired) electrons. The first kappa shape index (κ1) is 12.9. The molecule has 3 nitrogen and oxygen atoms in total. The van der Waals surface area contributed by atoms with Crippen molar-refractivity contribution >= 4 is 0 Å². The van der Waals surface area contributed by atoms with Gasteiger partial charge in [-0.2, -0.15) is 0 Å². The lowest BCUT2D eigenvalue weighted by atomic mass is 10.0. The van der Waals surface area contributed by atoms with E-state index in [-0.39, 0.29) is 0 Å². The van der Waals surface area contributed by atoms with Crippen molar-refractivity contribution in [1.82, 2.24) is 10.2 Å². The normalized spacial score (nSPS) is 21.8. The number of hydrogen-bond donors (Lipinski definition) is 1. The summed E-state index contributed by atoms with van der Waals surface area (Å²) in [5.41, 5.74) is 0. The van der Waals surface area contributed by atoms with Gasteiger partial charge in [-0.1, -0.05) is 6.92 Å². The second kappa shape index (κ2) is 7.20. The van der Waals surface area contributed by atoms with Crippen LogP contribution in [0.15, 0.2) is 0 Å². The standard InChI is InChI=1S/C12H26N2O/c1-4-14-8-5-12(6-9-14)13-11(2)7-10-15-3/h11-13H,4-10H2,1-3H3. The van der Waals surface area contributed by atoms with Gasteiger partial charge in [-0.3, -0.25) is 0 Å². The molecule has 0 aromatic heterocycles. The molecule has 0 aromatic rings. The Hall–Kier alpha value is -0.120. The molecule has 0 aliphatic carbocycles. The Morgan fingerprint density at radius 2 is 2.07 bits per heavy atom. The molecule has 1 N–H and O–H groups in total. The molecule has 1 rings (SSSR count). The Balaban J connectivity index is 2.12. The molecule has 15 heavy (non-hydrogen) atoms. The molecule has 90 valence electrons. The van der Waals surface area contributed by atoms with Crippen LogP contribution in [-0.4, -0.2) is 50.3 Å². The zero-order chi connectivity index (χ0) is 11.1. The van der Waals surface area contributed by atoms with Gasteiger partial charge in [0.15, 0.2) is 0 Å². The predicted octanol–water partition coefficient (Wildman–Crippen LogP) is 1.49. The van der Waals surface area contributed by atoms with E-state index in [1.807, 2.05) is 0 Å². The molecule has 0 amide bonds. The summed E-state index contributed by atoms with van der Waals surface area (Å²) in [6.07, 6.45) is 3.71. The summed E-state index contributed by atoms with van der Waals surface area (Å²) < 4.78 is 5.09. The number of ether oxygens (including phenoxy) is 1. The number of likely N-dealkylation sites (tertiary alicyclic amines) is 1. The van der Waals surface area contributed by atoms with Crippen molar-refractivity contribution in [3.8, 4) is 0 Å². The maximum atomic E-state index is 5.09. The average molecular weight is 214 g/mol. The molecule has 1 saturated heterocycles. The number of methoxy groups -OCH3 is 1. The van der Waals surface area contributed by atoms with Crippen LogP contribution in [0.2, 0.25) is 0 Å². The summed E-state index contributed by atoms with van der Waals surface area (Å²) in [5, 5.41) is 3.69. The fraction of sp³-hybridized carbons (Fsp3) is 1.00. The highest BCUT2D eigenvalue weighted by atomic mass is 16.5. The van der Waals surface area contributed by atoms with Crippen molar-refractivity contribution < 1.29 is 4.74 Å². The molecule has 0 spiro atoms. The first-order valence-corrected chi connectivity index (χ1v) is 6.23. The quantitative estimate of drug-likeness (QED) is 0.725. The highest BCUT2D eigenvalue weighted by molar-refractivity contribution is 4.78. The summed E-state index contributed by atoms with van der Waals surface area (Å²) in [6, 6.07) is 1.31. The lowest BCUT2D eigenvalue weighted by Gasteiger charge is -2.33. The average Bonchev–Trinajstić information content (AvgIpc) is 2.27. The van der Waals surface area contributed by atoms with Crippen LogP contribution in [0.3, 0.4) is 0 Å². The van der Waals surface area contributed by atoms with E-state index in [0.717, 1.165) is 19.1 Å². The first-order chi connectivity index (χ1) is 7.26. The third-order valence-corrected chi connectivity index (χ3v) is 3.31. The zero-order valence-corrected chi connectivity index (χ0v) is 10.5. The van der Waals surface area contributed by atoms with Crippen LogP contribution in [0.25, 0.3) is 0 Å². The van der Waals surface area contributed by atoms with Crippen LogP contribution in [-0.2, 0) is 4.74 Å². The Kier molecular flexibility index (Phi) is 6.22. The van der Waals surface area contributed by atoms with E-state index in [4.69, 9.17) is 4.74 Å². The Morgan fingerprint density at radius 1 is 1.40 bits per heavy atom. The number of piperidine rings is 1.